The Hall–Kier alpha value is -1.46. The van der Waals surface area contributed by atoms with E-state index in [-0.39, 0.29) is 18.5 Å². The first kappa shape index (κ1) is 13.0. The van der Waals surface area contributed by atoms with Crippen molar-refractivity contribution in [2.75, 3.05) is 13.2 Å². The Bertz CT molecular complexity index is 451. The molecule has 0 radical (unpaired) electrons. The Balaban J connectivity index is 2.17. The van der Waals surface area contributed by atoms with Crippen LogP contribution in [0.1, 0.15) is 28.8 Å². The van der Waals surface area contributed by atoms with Gasteiger partial charge in [0.25, 0.3) is 0 Å². The largest absolute Gasteiger partial charge is 0.395 e. The van der Waals surface area contributed by atoms with Crippen LogP contribution in [-0.2, 0) is 6.54 Å². The number of halogens is 1. The van der Waals surface area contributed by atoms with E-state index in [4.69, 9.17) is 5.73 Å². The standard InChI is InChI=1S/C13H17FN2O2/c14-12-4-3-9(13(15)18)6-10(12)7-16-5-1-2-11(16)8-17/h3-4,6,11,17H,1-2,5,7-8H2,(H2,15,18). The van der Waals surface area contributed by atoms with Crippen LogP contribution in [0.25, 0.3) is 0 Å². The summed E-state index contributed by atoms with van der Waals surface area (Å²) < 4.78 is 13.7. The summed E-state index contributed by atoms with van der Waals surface area (Å²) in [6, 6.07) is 4.22. The number of aliphatic hydroxyl groups is 1. The Kier molecular flexibility index (Phi) is 3.93. The van der Waals surface area contributed by atoms with E-state index in [2.05, 4.69) is 0 Å². The molecule has 1 saturated heterocycles. The van der Waals surface area contributed by atoms with Crippen LogP contribution >= 0.6 is 0 Å². The molecule has 98 valence electrons. The molecule has 0 saturated carbocycles. The Morgan fingerprint density at radius 2 is 2.33 bits per heavy atom. The average Bonchev–Trinajstić information content (AvgIpc) is 2.79. The third kappa shape index (κ3) is 2.68. The average molecular weight is 252 g/mol. The Labute approximate surface area is 105 Å². The lowest BCUT2D eigenvalue weighted by molar-refractivity contribution is 0.1000. The normalized spacial score (nSPS) is 20.2. The molecule has 1 atom stereocenters. The highest BCUT2D eigenvalue weighted by atomic mass is 19.1. The van der Waals surface area contributed by atoms with Crippen molar-refractivity contribution in [3.63, 3.8) is 0 Å². The number of aliphatic hydroxyl groups excluding tert-OH is 1. The van der Waals surface area contributed by atoms with E-state index in [9.17, 15) is 14.3 Å². The molecule has 1 aromatic rings. The second-order valence-corrected chi connectivity index (χ2v) is 4.62. The van der Waals surface area contributed by atoms with E-state index >= 15 is 0 Å². The molecular weight excluding hydrogens is 235 g/mol. The van der Waals surface area contributed by atoms with Gasteiger partial charge in [-0.25, -0.2) is 4.39 Å². The van der Waals surface area contributed by atoms with Crippen molar-refractivity contribution < 1.29 is 14.3 Å². The van der Waals surface area contributed by atoms with E-state index in [1.165, 1.54) is 18.2 Å². The first-order valence-electron chi connectivity index (χ1n) is 6.05. The van der Waals surface area contributed by atoms with Gasteiger partial charge in [0.1, 0.15) is 5.82 Å². The van der Waals surface area contributed by atoms with Gasteiger partial charge in [0.2, 0.25) is 5.91 Å². The maximum atomic E-state index is 13.7. The van der Waals surface area contributed by atoms with Crippen molar-refractivity contribution in [2.24, 2.45) is 5.73 Å². The fraction of sp³-hybridized carbons (Fsp3) is 0.462. The van der Waals surface area contributed by atoms with Crippen molar-refractivity contribution in [1.29, 1.82) is 0 Å². The molecule has 18 heavy (non-hydrogen) atoms. The third-order valence-corrected chi connectivity index (χ3v) is 3.41. The highest BCUT2D eigenvalue weighted by molar-refractivity contribution is 5.92. The van der Waals surface area contributed by atoms with Gasteiger partial charge in [0.05, 0.1) is 6.61 Å². The Morgan fingerprint density at radius 1 is 1.56 bits per heavy atom. The quantitative estimate of drug-likeness (QED) is 0.836. The number of nitrogens with two attached hydrogens (primary N) is 1. The van der Waals surface area contributed by atoms with E-state index < -0.39 is 5.91 Å². The van der Waals surface area contributed by atoms with Crippen LogP contribution in [0.2, 0.25) is 0 Å². The highest BCUT2D eigenvalue weighted by Gasteiger charge is 2.24. The smallest absolute Gasteiger partial charge is 0.248 e. The van der Waals surface area contributed by atoms with Crippen LogP contribution in [0, 0.1) is 5.82 Å². The maximum Gasteiger partial charge on any atom is 0.248 e. The lowest BCUT2D eigenvalue weighted by Crippen LogP contribution is -2.32. The van der Waals surface area contributed by atoms with Gasteiger partial charge in [-0.3, -0.25) is 9.69 Å². The van der Waals surface area contributed by atoms with E-state index in [0.29, 0.717) is 17.7 Å². The predicted molar refractivity (Wildman–Crippen MR) is 65.4 cm³/mol. The molecule has 4 nitrogen and oxygen atoms in total. The van der Waals surface area contributed by atoms with Gasteiger partial charge in [-0.2, -0.15) is 0 Å². The molecule has 0 aromatic heterocycles. The fourth-order valence-electron chi connectivity index (χ4n) is 2.38. The lowest BCUT2D eigenvalue weighted by atomic mass is 10.1. The zero-order valence-corrected chi connectivity index (χ0v) is 10.1. The second kappa shape index (κ2) is 5.46. The van der Waals surface area contributed by atoms with Crippen LogP contribution in [0.15, 0.2) is 18.2 Å². The number of hydrogen-bond donors (Lipinski definition) is 2. The number of amides is 1. The van der Waals surface area contributed by atoms with Crippen molar-refractivity contribution >= 4 is 5.91 Å². The number of rotatable bonds is 4. The van der Waals surface area contributed by atoms with Crippen molar-refractivity contribution in [2.45, 2.75) is 25.4 Å². The minimum absolute atomic E-state index is 0.0805. The molecule has 0 spiro atoms. The van der Waals surface area contributed by atoms with Gasteiger partial charge >= 0.3 is 0 Å². The van der Waals surface area contributed by atoms with Gasteiger partial charge in [0, 0.05) is 23.7 Å². The van der Waals surface area contributed by atoms with E-state index in [1.807, 2.05) is 4.90 Å². The number of hydrogen-bond acceptors (Lipinski definition) is 3. The van der Waals surface area contributed by atoms with Crippen molar-refractivity contribution in [3.8, 4) is 0 Å². The third-order valence-electron chi connectivity index (χ3n) is 3.41. The minimum atomic E-state index is -0.559. The van der Waals surface area contributed by atoms with Gasteiger partial charge in [-0.15, -0.1) is 0 Å². The number of carbonyl (C=O) groups excluding carboxylic acids is 1. The summed E-state index contributed by atoms with van der Waals surface area (Å²) in [5, 5.41) is 9.22. The molecule has 1 aromatic carbocycles. The van der Waals surface area contributed by atoms with Crippen LogP contribution < -0.4 is 5.73 Å². The maximum absolute atomic E-state index is 13.7. The van der Waals surface area contributed by atoms with Crippen molar-refractivity contribution in [3.05, 3.63) is 35.1 Å². The topological polar surface area (TPSA) is 66.6 Å². The predicted octanol–water partition coefficient (Wildman–Crippen LogP) is 0.881. The molecule has 5 heteroatoms. The molecule has 3 N–H and O–H groups in total. The summed E-state index contributed by atoms with van der Waals surface area (Å²) in [6.07, 6.45) is 1.93. The molecule has 0 aliphatic carbocycles. The summed E-state index contributed by atoms with van der Waals surface area (Å²) in [5.41, 5.74) is 5.94. The molecule has 1 unspecified atom stereocenters. The molecule has 0 bridgehead atoms. The van der Waals surface area contributed by atoms with Gasteiger partial charge in [-0.05, 0) is 37.6 Å². The summed E-state index contributed by atoms with van der Waals surface area (Å²) in [4.78, 5) is 13.1. The SMILES string of the molecule is NC(=O)c1ccc(F)c(CN2CCCC2CO)c1. The molecular formula is C13H17FN2O2. The van der Waals surface area contributed by atoms with Gasteiger partial charge < -0.3 is 10.8 Å². The summed E-state index contributed by atoms with van der Waals surface area (Å²) in [6.45, 7) is 1.32. The zero-order valence-electron chi connectivity index (χ0n) is 10.1. The molecule has 1 aliphatic rings. The molecule has 1 aliphatic heterocycles. The molecule has 1 amide bonds. The molecule has 1 heterocycles. The van der Waals surface area contributed by atoms with Crippen LogP contribution in [0.3, 0.4) is 0 Å². The number of likely N-dealkylation sites (tertiary alicyclic amines) is 1. The molecule has 2 rings (SSSR count). The van der Waals surface area contributed by atoms with Gasteiger partial charge in [-0.1, -0.05) is 0 Å². The van der Waals surface area contributed by atoms with Crippen LogP contribution in [-0.4, -0.2) is 35.1 Å². The van der Waals surface area contributed by atoms with Gasteiger partial charge in [0.15, 0.2) is 0 Å². The number of carbonyl (C=O) groups is 1. The first-order chi connectivity index (χ1) is 8.61. The minimum Gasteiger partial charge on any atom is -0.395 e. The van der Waals surface area contributed by atoms with Crippen LogP contribution in [0.5, 0.6) is 0 Å². The molecule has 1 fully saturated rings. The monoisotopic (exact) mass is 252 g/mol. The lowest BCUT2D eigenvalue weighted by Gasteiger charge is -2.23. The first-order valence-corrected chi connectivity index (χ1v) is 6.05. The highest BCUT2D eigenvalue weighted by Crippen LogP contribution is 2.21. The van der Waals surface area contributed by atoms with E-state index in [0.717, 1.165) is 19.4 Å². The van der Waals surface area contributed by atoms with Crippen LogP contribution in [0.4, 0.5) is 4.39 Å². The fourth-order valence-corrected chi connectivity index (χ4v) is 2.38. The number of primary amides is 1. The number of benzene rings is 1. The van der Waals surface area contributed by atoms with Crippen molar-refractivity contribution in [1.82, 2.24) is 4.90 Å². The second-order valence-electron chi connectivity index (χ2n) is 4.62. The zero-order chi connectivity index (χ0) is 13.1. The summed E-state index contributed by atoms with van der Waals surface area (Å²) in [5.74, 6) is -0.903. The Morgan fingerprint density at radius 3 is 3.00 bits per heavy atom. The summed E-state index contributed by atoms with van der Waals surface area (Å²) in [7, 11) is 0. The number of nitrogens with zero attached hydrogens (tertiary/aromatic N) is 1. The summed E-state index contributed by atoms with van der Waals surface area (Å²) >= 11 is 0. The van der Waals surface area contributed by atoms with E-state index in [1.54, 1.807) is 0 Å².